The van der Waals surface area contributed by atoms with E-state index in [1.165, 1.54) is 18.5 Å². The van der Waals surface area contributed by atoms with Gasteiger partial charge in [-0.1, -0.05) is 6.85 Å². The molecule has 33 heavy (non-hydrogen) atoms. The maximum atomic E-state index is 13.0. The monoisotopic (exact) mass is 452 g/mol. The molecule has 1 atom stereocenters. The van der Waals surface area contributed by atoms with Gasteiger partial charge in [0.25, 0.3) is 0 Å². The molecule has 3 aromatic heterocycles. The van der Waals surface area contributed by atoms with E-state index in [1.54, 1.807) is 13.1 Å². The number of aromatic nitrogens is 5. The molecular formula is C23H26N8O2. The lowest BCUT2D eigenvalue weighted by atomic mass is 9.98. The van der Waals surface area contributed by atoms with E-state index in [4.69, 9.17) is 8.22 Å². The molecule has 1 aliphatic heterocycles. The minimum atomic E-state index is -2.56. The molecule has 0 unspecified atom stereocenters. The minimum absolute atomic E-state index is 0.0236. The zero-order valence-electron chi connectivity index (χ0n) is 24.1. The molecule has 10 heteroatoms. The molecule has 0 radical (unpaired) electrons. The smallest absolute Gasteiger partial charge is 0.228 e. The first-order valence-electron chi connectivity index (χ1n) is 13.5. The fraction of sp³-hybridized carbons (Fsp3) is 0.391. The summed E-state index contributed by atoms with van der Waals surface area (Å²) in [5, 5.41) is 14.3. The number of aryl methyl sites for hydroxylation is 1. The zero-order chi connectivity index (χ0) is 28.3. The lowest BCUT2D eigenvalue weighted by Crippen LogP contribution is -2.27. The van der Waals surface area contributed by atoms with Crippen LogP contribution in [-0.4, -0.2) is 43.7 Å². The number of hydrogen-bond donors (Lipinski definition) is 2. The number of fused-ring (bicyclic) bond motifs is 3. The Morgan fingerprint density at radius 2 is 2.12 bits per heavy atom. The SMILES string of the molecule is [2H]C([2H])([2H])CC(=O)c1cnc(NC(=O)C2CC2)cc1Nc1nccc2c1N(C)[C@H](C)c1nn(C([2H])([2H])[2H])nc1-2. The number of nitrogens with one attached hydrogen (secondary N) is 2. The Morgan fingerprint density at radius 1 is 1.27 bits per heavy atom. The van der Waals surface area contributed by atoms with E-state index in [0.29, 0.717) is 33.3 Å². The molecule has 0 spiro atoms. The quantitative estimate of drug-likeness (QED) is 0.546. The molecule has 170 valence electrons. The van der Waals surface area contributed by atoms with Gasteiger partial charge in [0.15, 0.2) is 11.6 Å². The van der Waals surface area contributed by atoms with Crippen LogP contribution in [0.5, 0.6) is 0 Å². The number of carbonyl (C=O) groups excluding carboxylic acids is 2. The standard InChI is InChI=1S/C23H26N8O2/c1-5-17(32)15-11-25-18(27-23(33)13-6-7-13)10-16(15)26-22-21-14(8-9-24-22)20-19(12(2)30(21)3)28-31(4)29-20/h8-13H,5-7H2,1-4H3,(H2,24,25,26,27,33)/t12-/m1/s1/i1D3,4D3. The van der Waals surface area contributed by atoms with E-state index in [1.807, 2.05) is 11.8 Å². The number of hydrogen-bond acceptors (Lipinski definition) is 8. The van der Waals surface area contributed by atoms with Gasteiger partial charge < -0.3 is 15.5 Å². The summed E-state index contributed by atoms with van der Waals surface area (Å²) in [7, 11) is 1.79. The van der Waals surface area contributed by atoms with Gasteiger partial charge in [-0.25, -0.2) is 9.97 Å². The van der Waals surface area contributed by atoms with E-state index >= 15 is 0 Å². The number of ketones is 1. The van der Waals surface area contributed by atoms with Crippen molar-refractivity contribution in [1.29, 1.82) is 0 Å². The van der Waals surface area contributed by atoms with Crippen LogP contribution in [0.3, 0.4) is 0 Å². The second-order valence-corrected chi connectivity index (χ2v) is 8.17. The molecular weight excluding hydrogens is 420 g/mol. The summed E-state index contributed by atoms with van der Waals surface area (Å²) in [6.45, 7) is -3.20. The lowest BCUT2D eigenvalue weighted by Gasteiger charge is -2.33. The van der Waals surface area contributed by atoms with Gasteiger partial charge in [0.1, 0.15) is 17.2 Å². The van der Waals surface area contributed by atoms with Crippen LogP contribution >= 0.6 is 0 Å². The third-order valence-electron chi connectivity index (χ3n) is 5.97. The van der Waals surface area contributed by atoms with Crippen molar-refractivity contribution in [3.8, 4) is 11.3 Å². The Labute approximate surface area is 199 Å². The van der Waals surface area contributed by atoms with Crippen molar-refractivity contribution < 1.29 is 17.8 Å². The minimum Gasteiger partial charge on any atom is -0.363 e. The van der Waals surface area contributed by atoms with E-state index in [-0.39, 0.29) is 34.9 Å². The molecule has 5 rings (SSSR count). The van der Waals surface area contributed by atoms with Crippen molar-refractivity contribution in [2.24, 2.45) is 12.9 Å². The summed E-state index contributed by atoms with van der Waals surface area (Å²) >= 11 is 0. The molecule has 1 amide bonds. The molecule has 2 aliphatic rings. The van der Waals surface area contributed by atoms with Crippen LogP contribution < -0.4 is 15.5 Å². The summed E-state index contributed by atoms with van der Waals surface area (Å²) in [6.07, 6.45) is 3.64. The number of Topliss-reactive ketones (excluding diaryl/α,β-unsaturated/α-hetero) is 1. The molecule has 1 aliphatic carbocycles. The van der Waals surface area contributed by atoms with E-state index in [0.717, 1.165) is 12.8 Å². The molecule has 1 fully saturated rings. The summed E-state index contributed by atoms with van der Waals surface area (Å²) < 4.78 is 45.6. The predicted octanol–water partition coefficient (Wildman–Crippen LogP) is 3.47. The van der Waals surface area contributed by atoms with Crippen LogP contribution in [0.2, 0.25) is 0 Å². The third kappa shape index (κ3) is 3.71. The molecule has 0 saturated heterocycles. The summed E-state index contributed by atoms with van der Waals surface area (Å²) in [6, 6.07) is 2.79. The fourth-order valence-corrected chi connectivity index (χ4v) is 3.91. The number of amides is 1. The highest BCUT2D eigenvalue weighted by atomic mass is 16.2. The molecule has 2 N–H and O–H groups in total. The lowest BCUT2D eigenvalue weighted by molar-refractivity contribution is -0.117. The van der Waals surface area contributed by atoms with Crippen LogP contribution in [-0.2, 0) is 11.8 Å². The molecule has 3 aromatic rings. The van der Waals surface area contributed by atoms with Crippen molar-refractivity contribution in [2.75, 3.05) is 22.6 Å². The number of rotatable bonds is 6. The summed E-state index contributed by atoms with van der Waals surface area (Å²) in [4.78, 5) is 36.5. The Balaban J connectivity index is 1.57. The van der Waals surface area contributed by atoms with Gasteiger partial charge in [-0.2, -0.15) is 15.0 Å². The van der Waals surface area contributed by atoms with Gasteiger partial charge >= 0.3 is 0 Å². The highest BCUT2D eigenvalue weighted by Crippen LogP contribution is 2.45. The van der Waals surface area contributed by atoms with Crippen molar-refractivity contribution >= 4 is 34.7 Å². The second kappa shape index (κ2) is 7.95. The Kier molecular flexibility index (Phi) is 3.64. The number of carbonyl (C=O) groups is 2. The largest absolute Gasteiger partial charge is 0.363 e. The van der Waals surface area contributed by atoms with Crippen LogP contribution in [0, 0.1) is 5.92 Å². The van der Waals surface area contributed by atoms with Crippen LogP contribution in [0.15, 0.2) is 24.5 Å². The highest BCUT2D eigenvalue weighted by Gasteiger charge is 2.33. The van der Waals surface area contributed by atoms with Crippen LogP contribution in [0.25, 0.3) is 11.3 Å². The first kappa shape index (κ1) is 15.1. The molecule has 1 saturated carbocycles. The highest BCUT2D eigenvalue weighted by molar-refractivity contribution is 6.03. The first-order chi connectivity index (χ1) is 18.2. The maximum absolute atomic E-state index is 13.0. The van der Waals surface area contributed by atoms with Crippen molar-refractivity contribution in [3.05, 3.63) is 35.8 Å². The number of anilines is 4. The molecule has 4 heterocycles. The molecule has 0 aromatic carbocycles. The average molecular weight is 453 g/mol. The van der Waals surface area contributed by atoms with Crippen LogP contribution in [0.1, 0.15) is 63.4 Å². The topological polar surface area (TPSA) is 118 Å². The Hall–Kier alpha value is -3.82. The third-order valence-corrected chi connectivity index (χ3v) is 5.97. The van der Waals surface area contributed by atoms with Gasteiger partial charge in [0, 0.05) is 58.6 Å². The molecule has 0 bridgehead atoms. The number of nitrogens with zero attached hydrogens (tertiary/aromatic N) is 6. The van der Waals surface area contributed by atoms with Crippen molar-refractivity contribution in [3.63, 3.8) is 0 Å². The average Bonchev–Trinajstić information content (AvgIpc) is 3.58. The Morgan fingerprint density at radius 3 is 2.88 bits per heavy atom. The normalized spacial score (nSPS) is 20.2. The maximum Gasteiger partial charge on any atom is 0.228 e. The van der Waals surface area contributed by atoms with Gasteiger partial charge in [-0.15, -0.1) is 0 Å². The van der Waals surface area contributed by atoms with Crippen LogP contribution in [0.4, 0.5) is 23.0 Å². The first-order valence-corrected chi connectivity index (χ1v) is 10.5. The predicted molar refractivity (Wildman–Crippen MR) is 125 cm³/mol. The van der Waals surface area contributed by atoms with E-state index < -0.39 is 26.0 Å². The van der Waals surface area contributed by atoms with Gasteiger partial charge in [0.2, 0.25) is 5.91 Å². The molecule has 10 nitrogen and oxygen atoms in total. The zero-order valence-corrected chi connectivity index (χ0v) is 18.1. The van der Waals surface area contributed by atoms with E-state index in [2.05, 4.69) is 30.8 Å². The summed E-state index contributed by atoms with van der Waals surface area (Å²) in [5.74, 6) is -0.391. The van der Waals surface area contributed by atoms with Gasteiger partial charge in [0.05, 0.1) is 23.0 Å². The fourth-order valence-electron chi connectivity index (χ4n) is 3.91. The second-order valence-electron chi connectivity index (χ2n) is 8.17. The van der Waals surface area contributed by atoms with E-state index in [9.17, 15) is 9.59 Å². The van der Waals surface area contributed by atoms with Gasteiger partial charge in [-0.05, 0) is 25.8 Å². The van der Waals surface area contributed by atoms with Crippen molar-refractivity contribution in [2.45, 2.75) is 39.1 Å². The Bertz CT molecular complexity index is 1460. The van der Waals surface area contributed by atoms with Crippen molar-refractivity contribution in [1.82, 2.24) is 25.0 Å². The van der Waals surface area contributed by atoms with Gasteiger partial charge in [-0.3, -0.25) is 9.59 Å². The summed E-state index contributed by atoms with van der Waals surface area (Å²) in [5.41, 5.74) is 2.26. The number of pyridine rings is 2.